The normalized spacial score (nSPS) is 10.8. The monoisotopic (exact) mass is 444 g/mol. The zero-order valence-electron chi connectivity index (χ0n) is 17.3. The lowest BCUT2D eigenvalue weighted by atomic mass is 10.2. The van der Waals surface area contributed by atoms with Crippen LogP contribution >= 0.6 is 23.4 Å². The molecule has 3 rings (SSSR count). The Hall–Kier alpha value is -2.51. The van der Waals surface area contributed by atoms with E-state index in [1.807, 2.05) is 48.9 Å². The third-order valence-corrected chi connectivity index (χ3v) is 5.78. The molecule has 30 heavy (non-hydrogen) atoms. The van der Waals surface area contributed by atoms with Gasteiger partial charge in [-0.3, -0.25) is 4.79 Å². The van der Waals surface area contributed by atoms with Crippen LogP contribution in [0.2, 0.25) is 5.02 Å². The van der Waals surface area contributed by atoms with E-state index in [4.69, 9.17) is 16.3 Å². The highest BCUT2D eigenvalue weighted by Crippen LogP contribution is 2.25. The second kappa shape index (κ2) is 10.5. The van der Waals surface area contributed by atoms with Crippen LogP contribution in [0.4, 0.5) is 5.69 Å². The van der Waals surface area contributed by atoms with Crippen LogP contribution in [0.25, 0.3) is 11.4 Å². The summed E-state index contributed by atoms with van der Waals surface area (Å²) in [4.78, 5) is 12.3. The number of amides is 1. The number of hydrogen-bond donors (Lipinski definition) is 1. The van der Waals surface area contributed by atoms with E-state index >= 15 is 0 Å². The molecule has 0 saturated carbocycles. The van der Waals surface area contributed by atoms with Gasteiger partial charge in [0.2, 0.25) is 5.91 Å². The summed E-state index contributed by atoms with van der Waals surface area (Å²) in [6, 6.07) is 13.2. The zero-order valence-corrected chi connectivity index (χ0v) is 18.9. The summed E-state index contributed by atoms with van der Waals surface area (Å²) < 4.78 is 7.59. The van der Waals surface area contributed by atoms with Crippen molar-refractivity contribution in [3.05, 3.63) is 53.1 Å². The number of aryl methyl sites for hydroxylation is 1. The van der Waals surface area contributed by atoms with Crippen LogP contribution < -0.4 is 10.1 Å². The molecule has 0 spiro atoms. The van der Waals surface area contributed by atoms with Crippen molar-refractivity contribution in [3.63, 3.8) is 0 Å². The van der Waals surface area contributed by atoms with Gasteiger partial charge in [-0.05, 0) is 55.3 Å². The minimum atomic E-state index is -0.122. The van der Waals surface area contributed by atoms with E-state index in [1.165, 1.54) is 11.8 Å². The Morgan fingerprint density at radius 2 is 1.97 bits per heavy atom. The van der Waals surface area contributed by atoms with Crippen molar-refractivity contribution in [2.45, 2.75) is 31.8 Å². The predicted octanol–water partition coefficient (Wildman–Crippen LogP) is 5.35. The average Bonchev–Trinajstić information content (AvgIpc) is 3.10. The van der Waals surface area contributed by atoms with Crippen molar-refractivity contribution >= 4 is 35.0 Å². The number of thioether (sulfide) groups is 1. The number of ether oxygens (including phenoxy) is 1. The van der Waals surface area contributed by atoms with Crippen molar-refractivity contribution in [1.82, 2.24) is 14.8 Å². The molecular weight excluding hydrogens is 420 g/mol. The van der Waals surface area contributed by atoms with Crippen molar-refractivity contribution in [3.8, 4) is 17.1 Å². The highest BCUT2D eigenvalue weighted by atomic mass is 35.5. The summed E-state index contributed by atoms with van der Waals surface area (Å²) in [7, 11) is 1.89. The molecule has 1 N–H and O–H groups in total. The van der Waals surface area contributed by atoms with Gasteiger partial charge >= 0.3 is 0 Å². The molecule has 0 bridgehead atoms. The molecular formula is C22H25ClN4O2S. The molecule has 8 heteroatoms. The number of nitrogens with one attached hydrogen (secondary N) is 1. The van der Waals surface area contributed by atoms with E-state index in [0.717, 1.165) is 42.1 Å². The average molecular weight is 445 g/mol. The molecule has 0 atom stereocenters. The molecule has 1 aromatic heterocycles. The molecule has 0 aliphatic rings. The van der Waals surface area contributed by atoms with Gasteiger partial charge in [-0.1, -0.05) is 42.8 Å². The standard InChI is InChI=1S/C22H25ClN4O2S/c1-4-5-12-29-18-10-7-16(8-11-18)21-25-26-22(27(21)3)30-14-20(28)24-19-13-17(23)9-6-15(19)2/h6-11,13H,4-5,12,14H2,1-3H3,(H,24,28). The molecule has 0 fully saturated rings. The summed E-state index contributed by atoms with van der Waals surface area (Å²) in [5.74, 6) is 1.69. The van der Waals surface area contributed by atoms with Gasteiger partial charge in [0.1, 0.15) is 5.75 Å². The Morgan fingerprint density at radius 3 is 2.70 bits per heavy atom. The number of carbonyl (C=O) groups is 1. The third kappa shape index (κ3) is 5.77. The maximum atomic E-state index is 12.3. The number of rotatable bonds is 9. The molecule has 3 aromatic rings. The van der Waals surface area contributed by atoms with Crippen molar-refractivity contribution < 1.29 is 9.53 Å². The first-order valence-electron chi connectivity index (χ1n) is 9.79. The van der Waals surface area contributed by atoms with Gasteiger partial charge in [-0.25, -0.2) is 0 Å². The maximum absolute atomic E-state index is 12.3. The van der Waals surface area contributed by atoms with E-state index in [9.17, 15) is 4.79 Å². The summed E-state index contributed by atoms with van der Waals surface area (Å²) >= 11 is 7.35. The molecule has 1 heterocycles. The van der Waals surface area contributed by atoms with Crippen LogP contribution in [-0.4, -0.2) is 33.0 Å². The lowest BCUT2D eigenvalue weighted by Gasteiger charge is -2.09. The number of anilines is 1. The fourth-order valence-corrected chi connectivity index (χ4v) is 3.65. The lowest BCUT2D eigenvalue weighted by Crippen LogP contribution is -2.15. The Labute approximate surface area is 186 Å². The first kappa shape index (κ1) is 22.2. The van der Waals surface area contributed by atoms with E-state index in [-0.39, 0.29) is 11.7 Å². The number of aromatic nitrogens is 3. The molecule has 158 valence electrons. The molecule has 0 radical (unpaired) electrons. The highest BCUT2D eigenvalue weighted by molar-refractivity contribution is 7.99. The number of unbranched alkanes of at least 4 members (excludes halogenated alkanes) is 1. The lowest BCUT2D eigenvalue weighted by molar-refractivity contribution is -0.113. The van der Waals surface area contributed by atoms with E-state index in [2.05, 4.69) is 22.4 Å². The Morgan fingerprint density at radius 1 is 1.20 bits per heavy atom. The Kier molecular flexibility index (Phi) is 7.76. The van der Waals surface area contributed by atoms with E-state index < -0.39 is 0 Å². The van der Waals surface area contributed by atoms with E-state index in [1.54, 1.807) is 12.1 Å². The molecule has 6 nitrogen and oxygen atoms in total. The molecule has 0 aliphatic carbocycles. The molecule has 0 saturated heterocycles. The van der Waals surface area contributed by atoms with Gasteiger partial charge in [0.15, 0.2) is 11.0 Å². The maximum Gasteiger partial charge on any atom is 0.234 e. The second-order valence-corrected chi connectivity index (χ2v) is 8.27. The van der Waals surface area contributed by atoms with Gasteiger partial charge in [0, 0.05) is 23.3 Å². The topological polar surface area (TPSA) is 69.0 Å². The Bertz CT molecular complexity index is 1000. The van der Waals surface area contributed by atoms with Crippen molar-refractivity contribution in [2.75, 3.05) is 17.7 Å². The number of halogens is 1. The highest BCUT2D eigenvalue weighted by Gasteiger charge is 2.14. The first-order chi connectivity index (χ1) is 14.5. The van der Waals surface area contributed by atoms with Crippen LogP contribution in [0.5, 0.6) is 5.75 Å². The number of benzene rings is 2. The summed E-state index contributed by atoms with van der Waals surface area (Å²) in [6.07, 6.45) is 2.14. The predicted molar refractivity (Wildman–Crippen MR) is 122 cm³/mol. The van der Waals surface area contributed by atoms with Crippen LogP contribution in [-0.2, 0) is 11.8 Å². The van der Waals surface area contributed by atoms with Gasteiger partial charge in [0.05, 0.1) is 12.4 Å². The van der Waals surface area contributed by atoms with Gasteiger partial charge in [0.25, 0.3) is 0 Å². The molecule has 0 unspecified atom stereocenters. The summed E-state index contributed by atoms with van der Waals surface area (Å²) in [6.45, 7) is 4.78. The first-order valence-corrected chi connectivity index (χ1v) is 11.2. The van der Waals surface area contributed by atoms with Crippen molar-refractivity contribution in [2.24, 2.45) is 7.05 Å². The quantitative estimate of drug-likeness (QED) is 0.355. The fraction of sp³-hybridized carbons (Fsp3) is 0.318. The van der Waals surface area contributed by atoms with Crippen LogP contribution in [0.1, 0.15) is 25.3 Å². The van der Waals surface area contributed by atoms with Gasteiger partial charge < -0.3 is 14.6 Å². The molecule has 0 aliphatic heterocycles. The summed E-state index contributed by atoms with van der Waals surface area (Å²) in [5.41, 5.74) is 2.62. The van der Waals surface area contributed by atoms with E-state index in [0.29, 0.717) is 15.9 Å². The second-order valence-electron chi connectivity index (χ2n) is 6.89. The third-order valence-electron chi connectivity index (χ3n) is 4.52. The van der Waals surface area contributed by atoms with Gasteiger partial charge in [-0.2, -0.15) is 0 Å². The van der Waals surface area contributed by atoms with Crippen LogP contribution in [0.3, 0.4) is 0 Å². The Balaban J connectivity index is 1.60. The number of hydrogen-bond acceptors (Lipinski definition) is 5. The summed E-state index contributed by atoms with van der Waals surface area (Å²) in [5, 5.41) is 12.7. The molecule has 1 amide bonds. The molecule has 2 aromatic carbocycles. The smallest absolute Gasteiger partial charge is 0.234 e. The van der Waals surface area contributed by atoms with Crippen molar-refractivity contribution in [1.29, 1.82) is 0 Å². The minimum Gasteiger partial charge on any atom is -0.494 e. The largest absolute Gasteiger partial charge is 0.494 e. The fourth-order valence-electron chi connectivity index (χ4n) is 2.77. The SMILES string of the molecule is CCCCOc1ccc(-c2nnc(SCC(=O)Nc3cc(Cl)ccc3C)n2C)cc1. The van der Waals surface area contributed by atoms with Crippen LogP contribution in [0.15, 0.2) is 47.6 Å². The van der Waals surface area contributed by atoms with Crippen LogP contribution in [0, 0.1) is 6.92 Å². The van der Waals surface area contributed by atoms with Gasteiger partial charge in [-0.15, -0.1) is 10.2 Å². The number of carbonyl (C=O) groups excluding carboxylic acids is 1. The zero-order chi connectivity index (χ0) is 21.5. The minimum absolute atomic E-state index is 0.122. The number of nitrogens with zero attached hydrogens (tertiary/aromatic N) is 3.